The van der Waals surface area contributed by atoms with Gasteiger partial charge in [-0.1, -0.05) is 39.5 Å². The van der Waals surface area contributed by atoms with Crippen LogP contribution < -0.4 is 5.32 Å². The van der Waals surface area contributed by atoms with Crippen molar-refractivity contribution in [2.75, 3.05) is 19.8 Å². The van der Waals surface area contributed by atoms with Crippen molar-refractivity contribution in [2.24, 2.45) is 11.8 Å². The molecule has 114 valence electrons. The van der Waals surface area contributed by atoms with Crippen LogP contribution in [0, 0.1) is 11.8 Å². The molecule has 0 bridgehead atoms. The van der Waals surface area contributed by atoms with Crippen LogP contribution in [0.3, 0.4) is 0 Å². The van der Waals surface area contributed by atoms with Crippen molar-refractivity contribution in [1.82, 2.24) is 5.32 Å². The molecule has 0 heterocycles. The minimum absolute atomic E-state index is 0.209. The predicted molar refractivity (Wildman–Crippen MR) is 70.1 cm³/mol. The second-order valence-electron chi connectivity index (χ2n) is 5.82. The van der Waals surface area contributed by atoms with Gasteiger partial charge in [-0.3, -0.25) is 0 Å². The quantitative estimate of drug-likeness (QED) is 0.684. The van der Waals surface area contributed by atoms with Crippen LogP contribution in [0.5, 0.6) is 0 Å². The Kier molecular flexibility index (Phi) is 7.15. The van der Waals surface area contributed by atoms with Crippen LogP contribution in [-0.2, 0) is 4.74 Å². The molecule has 1 N–H and O–H groups in total. The van der Waals surface area contributed by atoms with Gasteiger partial charge in [0, 0.05) is 12.6 Å². The summed E-state index contributed by atoms with van der Waals surface area (Å²) in [6.07, 6.45) is 1.45. The zero-order chi connectivity index (χ0) is 14.3. The van der Waals surface area contributed by atoms with Crippen LogP contribution in [0.4, 0.5) is 13.2 Å². The molecule has 0 radical (unpaired) electrons. The molecule has 1 aliphatic rings. The molecular weight excluding hydrogens is 255 g/mol. The number of nitrogens with one attached hydrogen (secondary N) is 1. The summed E-state index contributed by atoms with van der Waals surface area (Å²) in [5.41, 5.74) is 0. The molecule has 0 saturated heterocycles. The van der Waals surface area contributed by atoms with E-state index in [9.17, 15) is 13.2 Å². The monoisotopic (exact) mass is 281 g/mol. The van der Waals surface area contributed by atoms with E-state index in [4.69, 9.17) is 4.74 Å². The van der Waals surface area contributed by atoms with Crippen molar-refractivity contribution < 1.29 is 17.9 Å². The number of hydrogen-bond acceptors (Lipinski definition) is 2. The third-order valence-corrected chi connectivity index (χ3v) is 3.75. The van der Waals surface area contributed by atoms with Gasteiger partial charge in [-0.15, -0.1) is 0 Å². The van der Waals surface area contributed by atoms with Crippen molar-refractivity contribution in [3.8, 4) is 0 Å². The zero-order valence-corrected chi connectivity index (χ0v) is 11.9. The number of ether oxygens (including phenoxy) is 1. The highest BCUT2D eigenvalue weighted by molar-refractivity contribution is 4.77. The maximum Gasteiger partial charge on any atom is 0.411 e. The first-order valence-corrected chi connectivity index (χ1v) is 7.26. The largest absolute Gasteiger partial charge is 0.411 e. The minimum atomic E-state index is -4.21. The first kappa shape index (κ1) is 16.8. The molecule has 1 fully saturated rings. The highest BCUT2D eigenvalue weighted by atomic mass is 19.4. The molecular formula is C14H26F3NO. The third-order valence-electron chi connectivity index (χ3n) is 3.75. The standard InChI is InChI=1S/C14H26F3NO/c1-11(2)18-9-13(12-5-3-4-6-12)7-8-19-10-14(15,16)17/h11-13,18H,3-10H2,1-2H3. The molecule has 5 heteroatoms. The molecule has 0 aromatic rings. The second-order valence-corrected chi connectivity index (χ2v) is 5.82. The molecule has 1 aliphatic carbocycles. The topological polar surface area (TPSA) is 21.3 Å². The van der Waals surface area contributed by atoms with Crippen LogP contribution in [0.1, 0.15) is 46.0 Å². The number of alkyl halides is 3. The van der Waals surface area contributed by atoms with E-state index in [0.717, 1.165) is 13.0 Å². The smallest absolute Gasteiger partial charge is 0.372 e. The molecule has 0 aromatic heterocycles. The lowest BCUT2D eigenvalue weighted by atomic mass is 9.88. The fourth-order valence-corrected chi connectivity index (χ4v) is 2.74. The first-order valence-electron chi connectivity index (χ1n) is 7.26. The van der Waals surface area contributed by atoms with Crippen LogP contribution in [0.2, 0.25) is 0 Å². The van der Waals surface area contributed by atoms with E-state index < -0.39 is 12.8 Å². The summed E-state index contributed by atoms with van der Waals surface area (Å²) in [5.74, 6) is 1.10. The summed E-state index contributed by atoms with van der Waals surface area (Å²) in [6, 6.07) is 0.417. The Morgan fingerprint density at radius 1 is 1.21 bits per heavy atom. The van der Waals surface area contributed by atoms with Gasteiger partial charge < -0.3 is 10.1 Å². The lowest BCUT2D eigenvalue weighted by Crippen LogP contribution is -2.33. The third kappa shape index (κ3) is 7.78. The van der Waals surface area contributed by atoms with Crippen molar-refractivity contribution in [1.29, 1.82) is 0 Å². The molecule has 0 aromatic carbocycles. The Hall–Kier alpha value is -0.290. The lowest BCUT2D eigenvalue weighted by molar-refractivity contribution is -0.174. The highest BCUT2D eigenvalue weighted by Crippen LogP contribution is 2.33. The number of rotatable bonds is 8. The molecule has 1 unspecified atom stereocenters. The lowest BCUT2D eigenvalue weighted by Gasteiger charge is -2.25. The summed E-state index contributed by atoms with van der Waals surface area (Å²) >= 11 is 0. The van der Waals surface area contributed by atoms with Gasteiger partial charge in [-0.25, -0.2) is 0 Å². The normalized spacial score (nSPS) is 19.3. The van der Waals surface area contributed by atoms with Gasteiger partial charge in [0.1, 0.15) is 6.61 Å². The number of hydrogen-bond donors (Lipinski definition) is 1. The summed E-state index contributed by atoms with van der Waals surface area (Å²) < 4.78 is 40.7. The maximum atomic E-state index is 12.0. The maximum absolute atomic E-state index is 12.0. The van der Waals surface area contributed by atoms with E-state index in [1.54, 1.807) is 0 Å². The average molecular weight is 281 g/mol. The van der Waals surface area contributed by atoms with E-state index in [-0.39, 0.29) is 6.61 Å². The Balaban J connectivity index is 2.27. The molecule has 2 nitrogen and oxygen atoms in total. The van der Waals surface area contributed by atoms with Gasteiger partial charge in [0.15, 0.2) is 0 Å². The Bertz CT molecular complexity index is 237. The first-order chi connectivity index (χ1) is 8.88. The van der Waals surface area contributed by atoms with Crippen molar-refractivity contribution >= 4 is 0 Å². The molecule has 1 rings (SSSR count). The van der Waals surface area contributed by atoms with E-state index in [1.807, 2.05) is 0 Å². The molecule has 19 heavy (non-hydrogen) atoms. The molecule has 0 amide bonds. The van der Waals surface area contributed by atoms with Gasteiger partial charge in [0.25, 0.3) is 0 Å². The highest BCUT2D eigenvalue weighted by Gasteiger charge is 2.28. The van der Waals surface area contributed by atoms with Crippen molar-refractivity contribution in [3.05, 3.63) is 0 Å². The van der Waals surface area contributed by atoms with Crippen molar-refractivity contribution in [3.63, 3.8) is 0 Å². The van der Waals surface area contributed by atoms with Crippen LogP contribution in [0.25, 0.3) is 0 Å². The van der Waals surface area contributed by atoms with Gasteiger partial charge in [-0.2, -0.15) is 13.2 Å². The van der Waals surface area contributed by atoms with E-state index in [2.05, 4.69) is 19.2 Å². The average Bonchev–Trinajstić information content (AvgIpc) is 2.79. The van der Waals surface area contributed by atoms with Crippen molar-refractivity contribution in [2.45, 2.75) is 58.2 Å². The van der Waals surface area contributed by atoms with Gasteiger partial charge >= 0.3 is 6.18 Å². The Morgan fingerprint density at radius 2 is 1.84 bits per heavy atom. The zero-order valence-electron chi connectivity index (χ0n) is 11.9. The van der Waals surface area contributed by atoms with Crippen LogP contribution >= 0.6 is 0 Å². The molecule has 1 saturated carbocycles. The summed E-state index contributed by atoms with van der Waals surface area (Å²) in [7, 11) is 0. The SMILES string of the molecule is CC(C)NCC(CCOCC(F)(F)F)C1CCCC1. The molecule has 0 aliphatic heterocycles. The van der Waals surface area contributed by atoms with E-state index >= 15 is 0 Å². The Morgan fingerprint density at radius 3 is 2.37 bits per heavy atom. The van der Waals surface area contributed by atoms with Gasteiger partial charge in [0.05, 0.1) is 0 Å². The fraction of sp³-hybridized carbons (Fsp3) is 1.00. The minimum Gasteiger partial charge on any atom is -0.372 e. The summed E-state index contributed by atoms with van der Waals surface area (Å²) in [6.45, 7) is 4.15. The number of halogens is 3. The molecule has 1 atom stereocenters. The molecule has 0 spiro atoms. The fourth-order valence-electron chi connectivity index (χ4n) is 2.74. The van der Waals surface area contributed by atoms with Crippen LogP contribution in [0.15, 0.2) is 0 Å². The Labute approximate surface area is 114 Å². The van der Waals surface area contributed by atoms with E-state index in [1.165, 1.54) is 25.7 Å². The van der Waals surface area contributed by atoms with Gasteiger partial charge in [0.2, 0.25) is 0 Å². The van der Waals surface area contributed by atoms with Gasteiger partial charge in [-0.05, 0) is 24.8 Å². The summed E-state index contributed by atoms with van der Waals surface area (Å²) in [5, 5.41) is 3.40. The predicted octanol–water partition coefficient (Wildman–Crippen LogP) is 3.76. The second kappa shape index (κ2) is 8.10. The van der Waals surface area contributed by atoms with E-state index in [0.29, 0.717) is 17.9 Å². The van der Waals surface area contributed by atoms with Crippen LogP contribution in [-0.4, -0.2) is 32.0 Å². The summed E-state index contributed by atoms with van der Waals surface area (Å²) in [4.78, 5) is 0.